The van der Waals surface area contributed by atoms with Gasteiger partial charge >= 0.3 is 0 Å². The zero-order chi connectivity index (χ0) is 9.38. The highest BCUT2D eigenvalue weighted by molar-refractivity contribution is 5.61. The highest BCUT2D eigenvalue weighted by Gasteiger charge is 2.21. The van der Waals surface area contributed by atoms with Gasteiger partial charge in [0.2, 0.25) is 0 Å². The first-order valence-electron chi connectivity index (χ1n) is 5.51. The van der Waals surface area contributed by atoms with E-state index >= 15 is 0 Å². The van der Waals surface area contributed by atoms with Crippen LogP contribution in [0.25, 0.3) is 0 Å². The van der Waals surface area contributed by atoms with E-state index < -0.39 is 0 Å². The van der Waals surface area contributed by atoms with E-state index in [0.29, 0.717) is 0 Å². The number of para-hydroxylation sites is 1. The first-order valence-corrected chi connectivity index (χ1v) is 5.51. The van der Waals surface area contributed by atoms with Crippen molar-refractivity contribution in [2.24, 2.45) is 0 Å². The second-order valence-corrected chi connectivity index (χ2v) is 4.28. The number of nitrogens with one attached hydrogen (secondary N) is 2. The first kappa shape index (κ1) is 8.30. The molecule has 0 atom stereocenters. The summed E-state index contributed by atoms with van der Waals surface area (Å²) >= 11 is 0. The minimum absolute atomic E-state index is 0.798. The van der Waals surface area contributed by atoms with E-state index in [9.17, 15) is 0 Å². The van der Waals surface area contributed by atoms with Crippen LogP contribution in [0.4, 0.5) is 5.69 Å². The molecule has 14 heavy (non-hydrogen) atoms. The summed E-state index contributed by atoms with van der Waals surface area (Å²) in [7, 11) is 0. The molecule has 0 bridgehead atoms. The predicted octanol–water partition coefficient (Wildman–Crippen LogP) is 1.91. The molecule has 2 N–H and O–H groups in total. The molecule has 1 saturated carbocycles. The van der Waals surface area contributed by atoms with Crippen molar-refractivity contribution in [1.82, 2.24) is 5.32 Å². The fourth-order valence-electron chi connectivity index (χ4n) is 2.10. The number of rotatable bonds is 3. The van der Waals surface area contributed by atoms with Crippen LogP contribution in [-0.4, -0.2) is 12.6 Å². The van der Waals surface area contributed by atoms with Crippen molar-refractivity contribution in [2.45, 2.75) is 31.8 Å². The molecule has 1 aliphatic heterocycles. The number of hydrogen-bond donors (Lipinski definition) is 2. The molecule has 1 aromatic carbocycles. The lowest BCUT2D eigenvalue weighted by molar-refractivity contribution is 0.689. The van der Waals surface area contributed by atoms with Gasteiger partial charge in [-0.2, -0.15) is 0 Å². The Morgan fingerprint density at radius 1 is 1.36 bits per heavy atom. The Hall–Kier alpha value is -1.02. The third-order valence-electron chi connectivity index (χ3n) is 3.09. The topological polar surface area (TPSA) is 24.1 Å². The third kappa shape index (κ3) is 1.50. The van der Waals surface area contributed by atoms with E-state index in [4.69, 9.17) is 0 Å². The molecule has 0 amide bonds. The van der Waals surface area contributed by atoms with Gasteiger partial charge in [0.15, 0.2) is 0 Å². The third-order valence-corrected chi connectivity index (χ3v) is 3.09. The highest BCUT2D eigenvalue weighted by Crippen LogP contribution is 2.27. The highest BCUT2D eigenvalue weighted by atomic mass is 15.0. The Kier molecular flexibility index (Phi) is 1.95. The van der Waals surface area contributed by atoms with Crippen molar-refractivity contribution in [3.63, 3.8) is 0 Å². The van der Waals surface area contributed by atoms with E-state index in [0.717, 1.165) is 19.1 Å². The first-order chi connectivity index (χ1) is 6.93. The van der Waals surface area contributed by atoms with Gasteiger partial charge in [-0.3, -0.25) is 0 Å². The smallest absolute Gasteiger partial charge is 0.0419 e. The zero-order valence-corrected chi connectivity index (χ0v) is 8.34. The number of benzene rings is 1. The van der Waals surface area contributed by atoms with Crippen molar-refractivity contribution in [2.75, 3.05) is 11.9 Å². The largest absolute Gasteiger partial charge is 0.384 e. The average molecular weight is 188 g/mol. The number of hydrogen-bond acceptors (Lipinski definition) is 2. The molecule has 2 aliphatic rings. The molecule has 1 aliphatic carbocycles. The van der Waals surface area contributed by atoms with Gasteiger partial charge in [-0.05, 0) is 30.4 Å². The molecule has 2 nitrogen and oxygen atoms in total. The molecule has 74 valence electrons. The quantitative estimate of drug-likeness (QED) is 0.757. The lowest BCUT2D eigenvalue weighted by Gasteiger charge is -2.09. The summed E-state index contributed by atoms with van der Waals surface area (Å²) in [6.07, 6.45) is 3.91. The maximum atomic E-state index is 3.56. The van der Waals surface area contributed by atoms with Gasteiger partial charge in [0, 0.05) is 24.8 Å². The normalized spacial score (nSPS) is 19.1. The molecule has 2 heteroatoms. The summed E-state index contributed by atoms with van der Waals surface area (Å²) in [5.41, 5.74) is 4.31. The van der Waals surface area contributed by atoms with E-state index in [1.807, 2.05) is 0 Å². The van der Waals surface area contributed by atoms with Crippen LogP contribution in [0.3, 0.4) is 0 Å². The van der Waals surface area contributed by atoms with E-state index in [-0.39, 0.29) is 0 Å². The van der Waals surface area contributed by atoms with Gasteiger partial charge in [0.05, 0.1) is 0 Å². The Bertz CT molecular complexity index is 342. The van der Waals surface area contributed by atoms with Gasteiger partial charge < -0.3 is 10.6 Å². The number of fused-ring (bicyclic) bond motifs is 1. The van der Waals surface area contributed by atoms with Gasteiger partial charge in [-0.15, -0.1) is 0 Å². The monoisotopic (exact) mass is 188 g/mol. The molecule has 1 aromatic rings. The van der Waals surface area contributed by atoms with E-state index in [1.165, 1.54) is 36.1 Å². The van der Waals surface area contributed by atoms with Crippen molar-refractivity contribution >= 4 is 5.69 Å². The van der Waals surface area contributed by atoms with Gasteiger partial charge in [0.1, 0.15) is 0 Å². The van der Waals surface area contributed by atoms with Crippen LogP contribution in [0.2, 0.25) is 0 Å². The van der Waals surface area contributed by atoms with Gasteiger partial charge in [-0.1, -0.05) is 18.2 Å². The van der Waals surface area contributed by atoms with Crippen LogP contribution in [0.5, 0.6) is 0 Å². The summed E-state index contributed by atoms with van der Waals surface area (Å²) < 4.78 is 0. The maximum absolute atomic E-state index is 3.56. The Morgan fingerprint density at radius 2 is 2.29 bits per heavy atom. The maximum Gasteiger partial charge on any atom is 0.0419 e. The summed E-state index contributed by atoms with van der Waals surface area (Å²) in [5.74, 6) is 0. The molecule has 3 rings (SSSR count). The summed E-state index contributed by atoms with van der Waals surface area (Å²) in [4.78, 5) is 0. The Morgan fingerprint density at radius 3 is 3.14 bits per heavy atom. The summed E-state index contributed by atoms with van der Waals surface area (Å²) in [6, 6.07) is 7.44. The molecule has 0 unspecified atom stereocenters. The molecule has 0 saturated heterocycles. The standard InChI is InChI=1S/C12H16N2/c1-2-9-6-7-13-12(9)10(3-1)8-14-11-4-5-11/h1-3,11,13-14H,4-8H2. The summed E-state index contributed by atoms with van der Waals surface area (Å²) in [6.45, 7) is 2.14. The van der Waals surface area contributed by atoms with Crippen LogP contribution in [0, 0.1) is 0 Å². The fourth-order valence-corrected chi connectivity index (χ4v) is 2.10. The zero-order valence-electron chi connectivity index (χ0n) is 8.34. The fraction of sp³-hybridized carbons (Fsp3) is 0.500. The Labute approximate surface area is 84.7 Å². The average Bonchev–Trinajstić information content (AvgIpc) is 2.91. The molecule has 0 spiro atoms. The SMILES string of the molecule is c1cc2c(c(CNC3CC3)c1)NCC2. The minimum Gasteiger partial charge on any atom is -0.384 e. The second kappa shape index (κ2) is 3.28. The van der Waals surface area contributed by atoms with Crippen LogP contribution in [0.15, 0.2) is 18.2 Å². The molecule has 0 aromatic heterocycles. The molecule has 1 fully saturated rings. The van der Waals surface area contributed by atoms with Crippen LogP contribution >= 0.6 is 0 Å². The van der Waals surface area contributed by atoms with Crippen LogP contribution in [-0.2, 0) is 13.0 Å². The van der Waals surface area contributed by atoms with Gasteiger partial charge in [-0.25, -0.2) is 0 Å². The lowest BCUT2D eigenvalue weighted by Crippen LogP contribution is -2.16. The number of anilines is 1. The van der Waals surface area contributed by atoms with Crippen molar-refractivity contribution in [1.29, 1.82) is 0 Å². The molecule has 1 heterocycles. The van der Waals surface area contributed by atoms with Crippen molar-refractivity contribution in [3.05, 3.63) is 29.3 Å². The van der Waals surface area contributed by atoms with Gasteiger partial charge in [0.25, 0.3) is 0 Å². The van der Waals surface area contributed by atoms with E-state index in [1.54, 1.807) is 0 Å². The van der Waals surface area contributed by atoms with Crippen LogP contribution < -0.4 is 10.6 Å². The van der Waals surface area contributed by atoms with Crippen molar-refractivity contribution in [3.8, 4) is 0 Å². The van der Waals surface area contributed by atoms with Crippen molar-refractivity contribution < 1.29 is 0 Å². The lowest BCUT2D eigenvalue weighted by atomic mass is 10.1. The molecular weight excluding hydrogens is 172 g/mol. The predicted molar refractivity (Wildman–Crippen MR) is 58.5 cm³/mol. The minimum atomic E-state index is 0.798. The van der Waals surface area contributed by atoms with E-state index in [2.05, 4.69) is 28.8 Å². The molecular formula is C12H16N2. The van der Waals surface area contributed by atoms with Crippen LogP contribution in [0.1, 0.15) is 24.0 Å². The summed E-state index contributed by atoms with van der Waals surface area (Å²) in [5, 5.41) is 7.04. The molecule has 0 radical (unpaired) electrons. The second-order valence-electron chi connectivity index (χ2n) is 4.28. The Balaban J connectivity index is 1.78.